The van der Waals surface area contributed by atoms with Crippen molar-refractivity contribution in [1.82, 2.24) is 4.90 Å². The third-order valence-corrected chi connectivity index (χ3v) is 4.45. The number of anilines is 1. The average Bonchev–Trinajstić information content (AvgIpc) is 2.83. The highest BCUT2D eigenvalue weighted by molar-refractivity contribution is 14.1. The highest BCUT2D eigenvalue weighted by atomic mass is 127. The Morgan fingerprint density at radius 3 is 3.06 bits per heavy atom. The molecule has 0 amide bonds. The molecule has 1 N–H and O–H groups in total. The van der Waals surface area contributed by atoms with Gasteiger partial charge in [-0.15, -0.1) is 0 Å². The number of nitrogens with one attached hydrogen (secondary N) is 1. The van der Waals surface area contributed by atoms with Gasteiger partial charge < -0.3 is 5.32 Å². The van der Waals surface area contributed by atoms with Gasteiger partial charge in [-0.2, -0.15) is 0 Å². The van der Waals surface area contributed by atoms with E-state index in [-0.39, 0.29) is 0 Å². The summed E-state index contributed by atoms with van der Waals surface area (Å²) in [5, 5.41) is 3.71. The molecule has 3 heteroatoms. The van der Waals surface area contributed by atoms with Gasteiger partial charge in [0.2, 0.25) is 0 Å². The van der Waals surface area contributed by atoms with Crippen LogP contribution in [0.5, 0.6) is 0 Å². The summed E-state index contributed by atoms with van der Waals surface area (Å²) in [5.41, 5.74) is 1.28. The lowest BCUT2D eigenvalue weighted by atomic mass is 10.1. The largest absolute Gasteiger partial charge is 0.381 e. The Hall–Kier alpha value is -0.290. The van der Waals surface area contributed by atoms with Crippen molar-refractivity contribution in [2.75, 3.05) is 18.4 Å². The van der Waals surface area contributed by atoms with Gasteiger partial charge in [-0.05, 0) is 66.6 Å². The Bertz CT molecular complexity index is 380. The van der Waals surface area contributed by atoms with Gasteiger partial charge in [-0.3, -0.25) is 4.90 Å². The van der Waals surface area contributed by atoms with Crippen molar-refractivity contribution in [3.8, 4) is 0 Å². The van der Waals surface area contributed by atoms with Crippen molar-refractivity contribution >= 4 is 28.3 Å². The molecule has 0 aliphatic carbocycles. The first-order valence-electron chi connectivity index (χ1n) is 6.09. The maximum absolute atomic E-state index is 3.71. The van der Waals surface area contributed by atoms with Crippen LogP contribution >= 0.6 is 22.6 Å². The van der Waals surface area contributed by atoms with Crippen molar-refractivity contribution < 1.29 is 0 Å². The molecule has 0 saturated carbocycles. The number of rotatable bonds is 2. The third kappa shape index (κ3) is 2.07. The van der Waals surface area contributed by atoms with E-state index in [1.807, 2.05) is 0 Å². The fourth-order valence-electron chi connectivity index (χ4n) is 3.04. The molecule has 3 rings (SSSR count). The summed E-state index contributed by atoms with van der Waals surface area (Å²) >= 11 is 2.37. The molecular weight excluding hydrogens is 311 g/mol. The van der Waals surface area contributed by atoms with Crippen molar-refractivity contribution in [3.63, 3.8) is 0 Å². The SMILES string of the molecule is Ic1cccc(NC2CCN3CCCC23)c1. The standard InChI is InChI=1S/C13H17IN2/c14-10-3-1-4-11(9-10)15-12-6-8-16-7-2-5-13(12)16/h1,3-4,9,12-13,15H,2,5-8H2. The van der Waals surface area contributed by atoms with Gasteiger partial charge in [0.1, 0.15) is 0 Å². The van der Waals surface area contributed by atoms with Crippen LogP contribution < -0.4 is 5.32 Å². The van der Waals surface area contributed by atoms with Crippen LogP contribution in [0.25, 0.3) is 0 Å². The first-order chi connectivity index (χ1) is 7.83. The van der Waals surface area contributed by atoms with Crippen LogP contribution in [0, 0.1) is 3.57 Å². The minimum atomic E-state index is 0.667. The maximum Gasteiger partial charge on any atom is 0.0429 e. The highest BCUT2D eigenvalue weighted by Crippen LogP contribution is 2.30. The fraction of sp³-hybridized carbons (Fsp3) is 0.538. The molecular formula is C13H17IN2. The summed E-state index contributed by atoms with van der Waals surface area (Å²) in [7, 11) is 0. The van der Waals surface area contributed by atoms with Crippen molar-refractivity contribution in [2.24, 2.45) is 0 Å². The van der Waals surface area contributed by atoms with E-state index in [0.29, 0.717) is 6.04 Å². The van der Waals surface area contributed by atoms with E-state index in [1.54, 1.807) is 0 Å². The first-order valence-corrected chi connectivity index (χ1v) is 7.17. The minimum absolute atomic E-state index is 0.667. The first kappa shape index (κ1) is 10.8. The minimum Gasteiger partial charge on any atom is -0.381 e. The number of benzene rings is 1. The second-order valence-electron chi connectivity index (χ2n) is 4.80. The molecule has 2 saturated heterocycles. The van der Waals surface area contributed by atoms with Crippen LogP contribution in [0.4, 0.5) is 5.69 Å². The fourth-order valence-corrected chi connectivity index (χ4v) is 3.59. The summed E-state index contributed by atoms with van der Waals surface area (Å²) < 4.78 is 1.31. The van der Waals surface area contributed by atoms with Crippen molar-refractivity contribution in [1.29, 1.82) is 0 Å². The van der Waals surface area contributed by atoms with Gasteiger partial charge in [-0.1, -0.05) is 6.07 Å². The van der Waals surface area contributed by atoms with Gasteiger partial charge in [0.15, 0.2) is 0 Å². The van der Waals surface area contributed by atoms with E-state index < -0.39 is 0 Å². The zero-order valence-corrected chi connectivity index (χ0v) is 11.5. The summed E-state index contributed by atoms with van der Waals surface area (Å²) in [4.78, 5) is 2.64. The quantitative estimate of drug-likeness (QED) is 0.840. The summed E-state index contributed by atoms with van der Waals surface area (Å²) in [6.07, 6.45) is 4.06. The molecule has 2 atom stereocenters. The van der Waals surface area contributed by atoms with Crippen LogP contribution in [0.2, 0.25) is 0 Å². The van der Waals surface area contributed by atoms with Crippen LogP contribution in [-0.2, 0) is 0 Å². The molecule has 2 aliphatic rings. The summed E-state index contributed by atoms with van der Waals surface area (Å²) in [5.74, 6) is 0. The van der Waals surface area contributed by atoms with Crippen molar-refractivity contribution in [3.05, 3.63) is 27.8 Å². The lowest BCUT2D eigenvalue weighted by Crippen LogP contribution is -2.33. The number of hydrogen-bond acceptors (Lipinski definition) is 2. The van der Waals surface area contributed by atoms with Crippen LogP contribution in [0.15, 0.2) is 24.3 Å². The van der Waals surface area contributed by atoms with E-state index in [2.05, 4.69) is 57.1 Å². The van der Waals surface area contributed by atoms with Gasteiger partial charge in [0.25, 0.3) is 0 Å². The van der Waals surface area contributed by atoms with E-state index in [9.17, 15) is 0 Å². The van der Waals surface area contributed by atoms with Crippen LogP contribution in [0.3, 0.4) is 0 Å². The molecule has 0 aromatic heterocycles. The normalized spacial score (nSPS) is 29.3. The zero-order chi connectivity index (χ0) is 11.0. The van der Waals surface area contributed by atoms with Crippen molar-refractivity contribution in [2.45, 2.75) is 31.3 Å². The molecule has 2 aliphatic heterocycles. The van der Waals surface area contributed by atoms with E-state index in [0.717, 1.165) is 6.04 Å². The van der Waals surface area contributed by atoms with E-state index in [1.165, 1.54) is 41.6 Å². The summed E-state index contributed by atoms with van der Waals surface area (Å²) in [6, 6.07) is 10.1. The molecule has 2 fully saturated rings. The molecule has 2 unspecified atom stereocenters. The highest BCUT2D eigenvalue weighted by Gasteiger charge is 2.36. The Labute approximate surface area is 111 Å². The molecule has 1 aromatic carbocycles. The maximum atomic E-state index is 3.71. The predicted octanol–water partition coefficient (Wildman–Crippen LogP) is 2.94. The third-order valence-electron chi connectivity index (χ3n) is 3.78. The molecule has 16 heavy (non-hydrogen) atoms. The number of halogens is 1. The average molecular weight is 328 g/mol. The van der Waals surface area contributed by atoms with Gasteiger partial charge >= 0.3 is 0 Å². The second-order valence-corrected chi connectivity index (χ2v) is 6.04. The second kappa shape index (κ2) is 4.53. The lowest BCUT2D eigenvalue weighted by molar-refractivity contribution is 0.318. The Kier molecular flexibility index (Phi) is 3.07. The Morgan fingerprint density at radius 1 is 1.25 bits per heavy atom. The Morgan fingerprint density at radius 2 is 2.19 bits per heavy atom. The number of nitrogens with zero attached hydrogens (tertiary/aromatic N) is 1. The number of hydrogen-bond donors (Lipinski definition) is 1. The molecule has 2 heterocycles. The van der Waals surface area contributed by atoms with E-state index in [4.69, 9.17) is 0 Å². The Balaban J connectivity index is 1.71. The lowest BCUT2D eigenvalue weighted by Gasteiger charge is -2.22. The molecule has 0 spiro atoms. The zero-order valence-electron chi connectivity index (χ0n) is 9.32. The van der Waals surface area contributed by atoms with Gasteiger partial charge in [-0.25, -0.2) is 0 Å². The van der Waals surface area contributed by atoms with Crippen LogP contribution in [-0.4, -0.2) is 30.1 Å². The smallest absolute Gasteiger partial charge is 0.0429 e. The molecule has 1 aromatic rings. The van der Waals surface area contributed by atoms with Gasteiger partial charge in [0.05, 0.1) is 0 Å². The topological polar surface area (TPSA) is 15.3 Å². The predicted molar refractivity (Wildman–Crippen MR) is 75.8 cm³/mol. The number of fused-ring (bicyclic) bond motifs is 1. The van der Waals surface area contributed by atoms with Gasteiger partial charge in [0, 0.05) is 27.9 Å². The van der Waals surface area contributed by atoms with E-state index >= 15 is 0 Å². The molecule has 0 bridgehead atoms. The molecule has 86 valence electrons. The monoisotopic (exact) mass is 328 g/mol. The summed E-state index contributed by atoms with van der Waals surface area (Å²) in [6.45, 7) is 2.60. The molecule has 2 nitrogen and oxygen atoms in total. The molecule has 0 radical (unpaired) electrons. The van der Waals surface area contributed by atoms with Crippen LogP contribution in [0.1, 0.15) is 19.3 Å².